The molecule has 29 heavy (non-hydrogen) atoms. The van der Waals surface area contributed by atoms with E-state index in [4.69, 9.17) is 4.74 Å². The van der Waals surface area contributed by atoms with Crippen LogP contribution in [0.5, 0.6) is 5.75 Å². The van der Waals surface area contributed by atoms with Crippen LogP contribution in [-0.2, 0) is 16.0 Å². The van der Waals surface area contributed by atoms with Crippen molar-refractivity contribution in [3.05, 3.63) is 78.4 Å². The fraction of sp³-hybridized carbons (Fsp3) is 0.250. The quantitative estimate of drug-likeness (QED) is 0.641. The molecule has 0 unspecified atom stereocenters. The van der Waals surface area contributed by atoms with Gasteiger partial charge in [0.25, 0.3) is 5.91 Å². The average Bonchev–Trinajstić information content (AvgIpc) is 2.77. The van der Waals surface area contributed by atoms with Crippen molar-refractivity contribution in [2.24, 2.45) is 0 Å². The van der Waals surface area contributed by atoms with Crippen molar-refractivity contribution in [3.63, 3.8) is 0 Å². The first-order valence-electron chi connectivity index (χ1n) is 9.75. The molecule has 1 atom stereocenters. The molecular formula is C24H26N2O3. The van der Waals surface area contributed by atoms with E-state index in [9.17, 15) is 9.59 Å². The van der Waals surface area contributed by atoms with Gasteiger partial charge in [0, 0.05) is 19.0 Å². The molecule has 0 saturated heterocycles. The van der Waals surface area contributed by atoms with Gasteiger partial charge in [-0.2, -0.15) is 0 Å². The Morgan fingerprint density at radius 3 is 2.41 bits per heavy atom. The normalized spacial score (nSPS) is 11.7. The first kappa shape index (κ1) is 20.4. The summed E-state index contributed by atoms with van der Waals surface area (Å²) in [5.41, 5.74) is 1.12. The van der Waals surface area contributed by atoms with Crippen LogP contribution in [0.1, 0.15) is 12.5 Å². The van der Waals surface area contributed by atoms with E-state index in [0.717, 1.165) is 16.3 Å². The Bertz CT molecular complexity index is 967. The van der Waals surface area contributed by atoms with Crippen molar-refractivity contribution in [1.82, 2.24) is 10.2 Å². The maximum absolute atomic E-state index is 13.0. The third kappa shape index (κ3) is 5.13. The number of likely N-dealkylation sites (N-methyl/N-ethyl adjacent to an activating group) is 1. The van der Waals surface area contributed by atoms with Crippen LogP contribution in [0.4, 0.5) is 0 Å². The van der Waals surface area contributed by atoms with Crippen molar-refractivity contribution >= 4 is 22.6 Å². The molecule has 5 heteroatoms. The predicted molar refractivity (Wildman–Crippen MR) is 115 cm³/mol. The fourth-order valence-corrected chi connectivity index (χ4v) is 3.32. The van der Waals surface area contributed by atoms with E-state index in [1.54, 1.807) is 18.9 Å². The zero-order valence-electron chi connectivity index (χ0n) is 16.8. The largest absolute Gasteiger partial charge is 0.483 e. The second-order valence-electron chi connectivity index (χ2n) is 6.88. The van der Waals surface area contributed by atoms with Crippen molar-refractivity contribution in [1.29, 1.82) is 0 Å². The van der Waals surface area contributed by atoms with Crippen molar-refractivity contribution in [2.75, 3.05) is 20.2 Å². The lowest BCUT2D eigenvalue weighted by Crippen LogP contribution is -2.49. The van der Waals surface area contributed by atoms with E-state index in [1.807, 2.05) is 72.8 Å². The number of hydrogen-bond acceptors (Lipinski definition) is 3. The highest BCUT2D eigenvalue weighted by Gasteiger charge is 2.25. The zero-order valence-corrected chi connectivity index (χ0v) is 16.8. The summed E-state index contributed by atoms with van der Waals surface area (Å²) in [6, 6.07) is 23.0. The second-order valence-corrected chi connectivity index (χ2v) is 6.88. The highest BCUT2D eigenvalue weighted by Crippen LogP contribution is 2.25. The number of benzene rings is 3. The molecular weight excluding hydrogens is 364 g/mol. The number of rotatable bonds is 8. The molecule has 0 aromatic heterocycles. The standard InChI is InChI=1S/C24H26N2O3/c1-18(24(28)25-2)26(16-15-19-9-4-3-5-10-19)23(27)17-29-22-14-8-12-20-11-6-7-13-21(20)22/h3-14,18H,15-17H2,1-2H3,(H,25,28)/t18-/m0/s1. The summed E-state index contributed by atoms with van der Waals surface area (Å²) < 4.78 is 5.85. The molecule has 0 fully saturated rings. The Morgan fingerprint density at radius 2 is 1.66 bits per heavy atom. The van der Waals surface area contributed by atoms with Crippen LogP contribution in [0.15, 0.2) is 72.8 Å². The van der Waals surface area contributed by atoms with E-state index < -0.39 is 6.04 Å². The molecule has 0 aliphatic rings. The van der Waals surface area contributed by atoms with Gasteiger partial charge >= 0.3 is 0 Å². The fourth-order valence-electron chi connectivity index (χ4n) is 3.32. The van der Waals surface area contributed by atoms with Gasteiger partial charge < -0.3 is 15.0 Å². The maximum atomic E-state index is 13.0. The molecule has 0 radical (unpaired) electrons. The molecule has 150 valence electrons. The number of fused-ring (bicyclic) bond motifs is 1. The van der Waals surface area contributed by atoms with Gasteiger partial charge in [-0.3, -0.25) is 9.59 Å². The third-order valence-electron chi connectivity index (χ3n) is 5.00. The van der Waals surface area contributed by atoms with E-state index in [2.05, 4.69) is 5.32 Å². The molecule has 0 aliphatic heterocycles. The summed E-state index contributed by atoms with van der Waals surface area (Å²) in [5.74, 6) is 0.244. The SMILES string of the molecule is CNC(=O)[C@H](C)N(CCc1ccccc1)C(=O)COc1cccc2ccccc12. The number of carbonyl (C=O) groups is 2. The first-order chi connectivity index (χ1) is 14.1. The Kier molecular flexibility index (Phi) is 6.85. The van der Waals surface area contributed by atoms with Crippen LogP contribution < -0.4 is 10.1 Å². The summed E-state index contributed by atoms with van der Waals surface area (Å²) in [7, 11) is 1.57. The van der Waals surface area contributed by atoms with Crippen molar-refractivity contribution in [3.8, 4) is 5.75 Å². The summed E-state index contributed by atoms with van der Waals surface area (Å²) in [4.78, 5) is 26.7. The van der Waals surface area contributed by atoms with Crippen LogP contribution in [0, 0.1) is 0 Å². The lowest BCUT2D eigenvalue weighted by atomic mass is 10.1. The van der Waals surface area contributed by atoms with Crippen molar-refractivity contribution in [2.45, 2.75) is 19.4 Å². The van der Waals surface area contributed by atoms with Crippen LogP contribution >= 0.6 is 0 Å². The molecule has 3 aromatic rings. The highest BCUT2D eigenvalue weighted by atomic mass is 16.5. The minimum absolute atomic E-state index is 0.121. The smallest absolute Gasteiger partial charge is 0.261 e. The van der Waals surface area contributed by atoms with Crippen LogP contribution in [0.2, 0.25) is 0 Å². The molecule has 0 saturated carbocycles. The molecule has 5 nitrogen and oxygen atoms in total. The average molecular weight is 390 g/mol. The van der Waals surface area contributed by atoms with Crippen molar-refractivity contribution < 1.29 is 14.3 Å². The molecule has 0 spiro atoms. The van der Waals surface area contributed by atoms with Gasteiger partial charge in [0.15, 0.2) is 6.61 Å². The molecule has 3 aromatic carbocycles. The summed E-state index contributed by atoms with van der Waals surface area (Å²) in [5, 5.41) is 4.63. The molecule has 3 rings (SSSR count). The Balaban J connectivity index is 1.72. The Morgan fingerprint density at radius 1 is 0.966 bits per heavy atom. The van der Waals surface area contributed by atoms with Gasteiger partial charge in [0.2, 0.25) is 5.91 Å². The van der Waals surface area contributed by atoms with Crippen LogP contribution in [0.25, 0.3) is 10.8 Å². The minimum Gasteiger partial charge on any atom is -0.483 e. The van der Waals surface area contributed by atoms with Gasteiger partial charge in [-0.05, 0) is 30.4 Å². The van der Waals surface area contributed by atoms with Gasteiger partial charge in [-0.1, -0.05) is 66.7 Å². The molecule has 0 bridgehead atoms. The number of ether oxygens (including phenoxy) is 1. The Labute approximate surface area is 171 Å². The minimum atomic E-state index is -0.577. The monoisotopic (exact) mass is 390 g/mol. The molecule has 0 aliphatic carbocycles. The van der Waals surface area contributed by atoms with Gasteiger partial charge in [-0.15, -0.1) is 0 Å². The lowest BCUT2D eigenvalue weighted by Gasteiger charge is -2.28. The van der Waals surface area contributed by atoms with E-state index in [0.29, 0.717) is 18.7 Å². The number of amides is 2. The van der Waals surface area contributed by atoms with Gasteiger partial charge in [0.05, 0.1) is 0 Å². The van der Waals surface area contributed by atoms with Gasteiger partial charge in [0.1, 0.15) is 11.8 Å². The number of nitrogens with one attached hydrogen (secondary N) is 1. The predicted octanol–water partition coefficient (Wildman–Crippen LogP) is 3.42. The van der Waals surface area contributed by atoms with E-state index in [1.165, 1.54) is 0 Å². The lowest BCUT2D eigenvalue weighted by molar-refractivity contribution is -0.141. The first-order valence-corrected chi connectivity index (χ1v) is 9.75. The molecule has 0 heterocycles. The summed E-state index contributed by atoms with van der Waals surface area (Å²) in [6.45, 7) is 2.06. The molecule has 2 amide bonds. The molecule has 1 N–H and O–H groups in total. The topological polar surface area (TPSA) is 58.6 Å². The summed E-state index contributed by atoms with van der Waals surface area (Å²) >= 11 is 0. The Hall–Kier alpha value is -3.34. The number of carbonyl (C=O) groups excluding carboxylic acids is 2. The third-order valence-corrected chi connectivity index (χ3v) is 5.00. The zero-order chi connectivity index (χ0) is 20.6. The van der Waals surface area contributed by atoms with Gasteiger partial charge in [-0.25, -0.2) is 0 Å². The van der Waals surface area contributed by atoms with E-state index >= 15 is 0 Å². The second kappa shape index (κ2) is 9.73. The van der Waals surface area contributed by atoms with E-state index in [-0.39, 0.29) is 18.4 Å². The van der Waals surface area contributed by atoms with Crippen LogP contribution in [0.3, 0.4) is 0 Å². The van der Waals surface area contributed by atoms with Crippen LogP contribution in [-0.4, -0.2) is 43.0 Å². The number of hydrogen-bond donors (Lipinski definition) is 1. The summed E-state index contributed by atoms with van der Waals surface area (Å²) in [6.07, 6.45) is 0.669. The highest BCUT2D eigenvalue weighted by molar-refractivity contribution is 5.90. The number of nitrogens with zero attached hydrogens (tertiary/aromatic N) is 1. The maximum Gasteiger partial charge on any atom is 0.261 e.